The second kappa shape index (κ2) is 5.07. The van der Waals surface area contributed by atoms with E-state index in [1.54, 1.807) is 0 Å². The molecule has 0 aromatic heterocycles. The molecule has 16 heavy (non-hydrogen) atoms. The standard InChI is InChI=1S/C10H11F3O3/c1-7(14)6-15-8-3-2-4-9(5-8)16-10(11,12)13/h2-5,7,14H,6H2,1H3. The van der Waals surface area contributed by atoms with E-state index < -0.39 is 12.5 Å². The zero-order valence-corrected chi connectivity index (χ0v) is 8.49. The van der Waals surface area contributed by atoms with Crippen molar-refractivity contribution in [2.45, 2.75) is 19.4 Å². The van der Waals surface area contributed by atoms with Gasteiger partial charge in [-0.3, -0.25) is 0 Å². The molecule has 1 aromatic rings. The lowest BCUT2D eigenvalue weighted by Gasteiger charge is -2.11. The van der Waals surface area contributed by atoms with Crippen LogP contribution in [-0.4, -0.2) is 24.2 Å². The molecule has 1 aromatic carbocycles. The minimum absolute atomic E-state index is 0.00940. The number of alkyl halides is 3. The van der Waals surface area contributed by atoms with Crippen LogP contribution in [0.5, 0.6) is 11.5 Å². The summed E-state index contributed by atoms with van der Waals surface area (Å²) >= 11 is 0. The maximum absolute atomic E-state index is 11.9. The third kappa shape index (κ3) is 4.88. The topological polar surface area (TPSA) is 38.7 Å². The first-order valence-electron chi connectivity index (χ1n) is 4.53. The smallest absolute Gasteiger partial charge is 0.491 e. The first kappa shape index (κ1) is 12.6. The van der Waals surface area contributed by atoms with Gasteiger partial charge in [0, 0.05) is 6.07 Å². The fourth-order valence-corrected chi connectivity index (χ4v) is 0.978. The summed E-state index contributed by atoms with van der Waals surface area (Å²) in [7, 11) is 0. The van der Waals surface area contributed by atoms with E-state index in [4.69, 9.17) is 9.84 Å². The Balaban J connectivity index is 2.64. The van der Waals surface area contributed by atoms with Crippen LogP contribution >= 0.6 is 0 Å². The largest absolute Gasteiger partial charge is 0.573 e. The zero-order valence-electron chi connectivity index (χ0n) is 8.49. The summed E-state index contributed by atoms with van der Waals surface area (Å²) < 4.78 is 44.4. The highest BCUT2D eigenvalue weighted by atomic mass is 19.4. The van der Waals surface area contributed by atoms with Crippen molar-refractivity contribution >= 4 is 0 Å². The Morgan fingerprint density at radius 1 is 1.31 bits per heavy atom. The molecule has 1 unspecified atom stereocenters. The molecule has 0 heterocycles. The number of ether oxygens (including phenoxy) is 2. The Bertz CT molecular complexity index is 336. The lowest BCUT2D eigenvalue weighted by atomic mass is 10.3. The average molecular weight is 236 g/mol. The first-order valence-corrected chi connectivity index (χ1v) is 4.53. The molecular formula is C10H11F3O3. The minimum atomic E-state index is -4.72. The third-order valence-corrected chi connectivity index (χ3v) is 1.53. The fraction of sp³-hybridized carbons (Fsp3) is 0.400. The van der Waals surface area contributed by atoms with E-state index in [1.807, 2.05) is 0 Å². The molecule has 0 radical (unpaired) electrons. The van der Waals surface area contributed by atoms with Gasteiger partial charge in [0.05, 0.1) is 6.10 Å². The molecule has 0 aliphatic rings. The molecule has 90 valence electrons. The monoisotopic (exact) mass is 236 g/mol. The number of halogens is 3. The molecule has 1 atom stereocenters. The summed E-state index contributed by atoms with van der Waals surface area (Å²) in [4.78, 5) is 0. The van der Waals surface area contributed by atoms with Crippen LogP contribution in [0.25, 0.3) is 0 Å². The summed E-state index contributed by atoms with van der Waals surface area (Å²) in [6.07, 6.45) is -5.41. The Morgan fingerprint density at radius 3 is 2.50 bits per heavy atom. The predicted octanol–water partition coefficient (Wildman–Crippen LogP) is 2.34. The Labute approximate surface area is 90.4 Å². The average Bonchev–Trinajstić information content (AvgIpc) is 2.12. The normalized spacial score (nSPS) is 13.3. The van der Waals surface area contributed by atoms with Crippen molar-refractivity contribution in [3.05, 3.63) is 24.3 Å². The van der Waals surface area contributed by atoms with Gasteiger partial charge in [0.1, 0.15) is 18.1 Å². The second-order valence-corrected chi connectivity index (χ2v) is 3.18. The summed E-state index contributed by atoms with van der Waals surface area (Å²) in [5, 5.41) is 8.93. The molecule has 1 N–H and O–H groups in total. The Kier molecular flexibility index (Phi) is 4.00. The first-order chi connectivity index (χ1) is 7.37. The third-order valence-electron chi connectivity index (χ3n) is 1.53. The molecule has 0 saturated heterocycles. The Hall–Kier alpha value is -1.43. The molecule has 0 aliphatic heterocycles. The van der Waals surface area contributed by atoms with Crippen LogP contribution in [0.3, 0.4) is 0 Å². The second-order valence-electron chi connectivity index (χ2n) is 3.18. The molecule has 1 rings (SSSR count). The van der Waals surface area contributed by atoms with Gasteiger partial charge in [-0.2, -0.15) is 0 Å². The lowest BCUT2D eigenvalue weighted by Crippen LogP contribution is -2.17. The van der Waals surface area contributed by atoms with Gasteiger partial charge in [0.15, 0.2) is 0 Å². The lowest BCUT2D eigenvalue weighted by molar-refractivity contribution is -0.274. The summed E-state index contributed by atoms with van der Waals surface area (Å²) in [5.41, 5.74) is 0. The van der Waals surface area contributed by atoms with E-state index in [1.165, 1.54) is 25.1 Å². The Morgan fingerprint density at radius 2 is 1.94 bits per heavy atom. The summed E-state index contributed by atoms with van der Waals surface area (Å²) in [5.74, 6) is -0.141. The number of benzene rings is 1. The molecule has 0 fully saturated rings. The van der Waals surface area contributed by atoms with Gasteiger partial charge in [-0.25, -0.2) is 0 Å². The highest BCUT2D eigenvalue weighted by Gasteiger charge is 2.31. The van der Waals surface area contributed by atoms with Crippen molar-refractivity contribution in [3.63, 3.8) is 0 Å². The van der Waals surface area contributed by atoms with Crippen molar-refractivity contribution in [1.29, 1.82) is 0 Å². The van der Waals surface area contributed by atoms with Gasteiger partial charge in [-0.05, 0) is 19.1 Å². The van der Waals surface area contributed by atoms with Crippen molar-refractivity contribution in [3.8, 4) is 11.5 Å². The molecule has 3 nitrogen and oxygen atoms in total. The van der Waals surface area contributed by atoms with Crippen LogP contribution in [0, 0.1) is 0 Å². The van der Waals surface area contributed by atoms with E-state index in [2.05, 4.69) is 4.74 Å². The summed E-state index contributed by atoms with van der Waals surface area (Å²) in [6.45, 7) is 1.52. The molecule has 0 spiro atoms. The zero-order chi connectivity index (χ0) is 12.2. The molecule has 0 amide bonds. The number of aliphatic hydroxyl groups excluding tert-OH is 1. The molecule has 6 heteroatoms. The van der Waals surface area contributed by atoms with Gasteiger partial charge in [-0.1, -0.05) is 6.07 Å². The molecule has 0 bridgehead atoms. The van der Waals surface area contributed by atoms with Gasteiger partial charge in [0.25, 0.3) is 0 Å². The predicted molar refractivity (Wildman–Crippen MR) is 50.3 cm³/mol. The van der Waals surface area contributed by atoms with Crippen LogP contribution < -0.4 is 9.47 Å². The van der Waals surface area contributed by atoms with Gasteiger partial charge in [-0.15, -0.1) is 13.2 Å². The maximum atomic E-state index is 11.9. The minimum Gasteiger partial charge on any atom is -0.491 e. The number of hydrogen-bond acceptors (Lipinski definition) is 3. The maximum Gasteiger partial charge on any atom is 0.573 e. The van der Waals surface area contributed by atoms with Crippen molar-refractivity contribution in [2.75, 3.05) is 6.61 Å². The van der Waals surface area contributed by atoms with Gasteiger partial charge < -0.3 is 14.6 Å². The van der Waals surface area contributed by atoms with E-state index >= 15 is 0 Å². The van der Waals surface area contributed by atoms with Crippen molar-refractivity contribution < 1.29 is 27.8 Å². The van der Waals surface area contributed by atoms with E-state index in [-0.39, 0.29) is 18.1 Å². The van der Waals surface area contributed by atoms with Crippen LogP contribution in [0.15, 0.2) is 24.3 Å². The number of aliphatic hydroxyl groups is 1. The number of hydrogen-bond donors (Lipinski definition) is 1. The van der Waals surface area contributed by atoms with E-state index in [0.717, 1.165) is 6.07 Å². The van der Waals surface area contributed by atoms with Crippen molar-refractivity contribution in [2.24, 2.45) is 0 Å². The van der Waals surface area contributed by atoms with Crippen LogP contribution in [0.1, 0.15) is 6.92 Å². The van der Waals surface area contributed by atoms with Gasteiger partial charge >= 0.3 is 6.36 Å². The van der Waals surface area contributed by atoms with Crippen molar-refractivity contribution in [1.82, 2.24) is 0 Å². The van der Waals surface area contributed by atoms with Crippen LogP contribution in [-0.2, 0) is 0 Å². The highest BCUT2D eigenvalue weighted by Crippen LogP contribution is 2.25. The van der Waals surface area contributed by atoms with E-state index in [0.29, 0.717) is 0 Å². The number of rotatable bonds is 4. The molecular weight excluding hydrogens is 225 g/mol. The SMILES string of the molecule is CC(O)COc1cccc(OC(F)(F)F)c1. The van der Waals surface area contributed by atoms with Crippen LogP contribution in [0.4, 0.5) is 13.2 Å². The van der Waals surface area contributed by atoms with Crippen LogP contribution in [0.2, 0.25) is 0 Å². The van der Waals surface area contributed by atoms with E-state index in [9.17, 15) is 13.2 Å². The highest BCUT2D eigenvalue weighted by molar-refractivity contribution is 5.33. The van der Waals surface area contributed by atoms with Gasteiger partial charge in [0.2, 0.25) is 0 Å². The molecule has 0 aliphatic carbocycles. The summed E-state index contributed by atoms with van der Waals surface area (Å²) in [6, 6.07) is 5.13. The quantitative estimate of drug-likeness (QED) is 0.872. The fourth-order valence-electron chi connectivity index (χ4n) is 0.978. The molecule has 0 saturated carbocycles.